The average Bonchev–Trinajstić information content (AvgIpc) is 3.48. The van der Waals surface area contributed by atoms with Crippen molar-refractivity contribution in [1.82, 2.24) is 4.90 Å². The maximum Gasteiger partial charge on any atom is 0.264 e. The van der Waals surface area contributed by atoms with Gasteiger partial charge in [0.1, 0.15) is 11.5 Å². The van der Waals surface area contributed by atoms with Crippen molar-refractivity contribution in [3.63, 3.8) is 0 Å². The number of hydrogen-bond acceptors (Lipinski definition) is 6. The molecule has 200 valence electrons. The van der Waals surface area contributed by atoms with Crippen molar-refractivity contribution < 1.29 is 19.1 Å². The molecule has 0 spiro atoms. The van der Waals surface area contributed by atoms with E-state index in [-0.39, 0.29) is 11.8 Å². The van der Waals surface area contributed by atoms with Gasteiger partial charge in [0, 0.05) is 43.1 Å². The second-order valence-electron chi connectivity index (χ2n) is 9.17. The molecule has 1 fully saturated rings. The molecule has 1 aliphatic heterocycles. The smallest absolute Gasteiger partial charge is 0.264 e. The topological polar surface area (TPSA) is 71.1 Å². The van der Waals surface area contributed by atoms with E-state index in [2.05, 4.69) is 10.2 Å². The molecule has 0 unspecified atom stereocenters. The number of thiophene rings is 1. The number of carbonyl (C=O) groups is 2. The monoisotopic (exact) mass is 541 g/mol. The van der Waals surface area contributed by atoms with Crippen molar-refractivity contribution in [2.24, 2.45) is 0 Å². The molecule has 5 rings (SSSR count). The highest BCUT2D eigenvalue weighted by Gasteiger charge is 2.24. The molecule has 0 bridgehead atoms. The van der Waals surface area contributed by atoms with Crippen LogP contribution >= 0.6 is 11.3 Å². The third-order valence-electron chi connectivity index (χ3n) is 6.70. The largest absolute Gasteiger partial charge is 0.497 e. The standard InChI is InChI=1S/C31H31N3O4S/c1-3-38-28-6-4-5-23(19-28)24-20-29(39-21-24)31(36)34-17-15-33(16-18-34)26-11-7-22(8-12-26)30(35)32-25-9-13-27(37-2)14-10-25/h4-14,19-21H,3,15-18H2,1-2H3,(H,32,35). The molecule has 2 heterocycles. The molecule has 0 radical (unpaired) electrons. The van der Waals surface area contributed by atoms with Crippen LogP contribution in [0.3, 0.4) is 0 Å². The molecule has 2 amide bonds. The van der Waals surface area contributed by atoms with Crippen LogP contribution in [0.1, 0.15) is 27.0 Å². The fourth-order valence-corrected chi connectivity index (χ4v) is 5.44. The molecular formula is C31H31N3O4S. The van der Waals surface area contributed by atoms with Crippen LogP contribution in [0.5, 0.6) is 11.5 Å². The molecule has 7 nitrogen and oxygen atoms in total. The lowest BCUT2D eigenvalue weighted by Crippen LogP contribution is -2.48. The molecular weight excluding hydrogens is 510 g/mol. The number of carbonyl (C=O) groups excluding carboxylic acids is 2. The van der Waals surface area contributed by atoms with Gasteiger partial charge in [-0.05, 0) is 90.2 Å². The van der Waals surface area contributed by atoms with Gasteiger partial charge in [0.2, 0.25) is 0 Å². The molecule has 39 heavy (non-hydrogen) atoms. The zero-order valence-electron chi connectivity index (χ0n) is 22.1. The highest BCUT2D eigenvalue weighted by molar-refractivity contribution is 7.12. The van der Waals surface area contributed by atoms with Crippen LogP contribution < -0.4 is 19.7 Å². The van der Waals surface area contributed by atoms with Gasteiger partial charge in [-0.3, -0.25) is 9.59 Å². The lowest BCUT2D eigenvalue weighted by atomic mass is 10.1. The minimum absolute atomic E-state index is 0.0670. The zero-order valence-corrected chi connectivity index (χ0v) is 22.9. The van der Waals surface area contributed by atoms with E-state index in [1.807, 2.05) is 96.1 Å². The van der Waals surface area contributed by atoms with Crippen LogP contribution in [-0.2, 0) is 0 Å². The summed E-state index contributed by atoms with van der Waals surface area (Å²) in [6.45, 7) is 5.34. The number of ether oxygens (including phenoxy) is 2. The average molecular weight is 542 g/mol. The first kappa shape index (κ1) is 26.3. The Kier molecular flexibility index (Phi) is 8.13. The number of amides is 2. The Balaban J connectivity index is 1.15. The van der Waals surface area contributed by atoms with E-state index in [1.54, 1.807) is 7.11 Å². The SMILES string of the molecule is CCOc1cccc(-c2csc(C(=O)N3CCN(c4ccc(C(=O)Nc5ccc(OC)cc5)cc4)CC3)c2)c1. The van der Waals surface area contributed by atoms with E-state index in [0.29, 0.717) is 30.9 Å². The van der Waals surface area contributed by atoms with Gasteiger partial charge in [0.15, 0.2) is 0 Å². The lowest BCUT2D eigenvalue weighted by molar-refractivity contribution is 0.0751. The number of anilines is 2. The van der Waals surface area contributed by atoms with Gasteiger partial charge in [-0.2, -0.15) is 0 Å². The molecule has 1 aromatic heterocycles. The van der Waals surface area contributed by atoms with Gasteiger partial charge in [0.05, 0.1) is 18.6 Å². The second kappa shape index (κ2) is 12.0. The molecule has 0 atom stereocenters. The van der Waals surface area contributed by atoms with Crippen LogP contribution in [0.25, 0.3) is 11.1 Å². The van der Waals surface area contributed by atoms with Crippen LogP contribution in [0.15, 0.2) is 84.2 Å². The Bertz CT molecular complexity index is 1420. The minimum atomic E-state index is -0.165. The van der Waals surface area contributed by atoms with Crippen molar-refractivity contribution in [1.29, 1.82) is 0 Å². The van der Waals surface area contributed by atoms with E-state index in [1.165, 1.54) is 11.3 Å². The predicted molar refractivity (Wildman–Crippen MR) is 156 cm³/mol. The number of benzene rings is 3. The summed E-state index contributed by atoms with van der Waals surface area (Å²) in [4.78, 5) is 30.7. The number of nitrogens with zero attached hydrogens (tertiary/aromatic N) is 2. The molecule has 0 saturated carbocycles. The van der Waals surface area contributed by atoms with Gasteiger partial charge >= 0.3 is 0 Å². The van der Waals surface area contributed by atoms with E-state index in [0.717, 1.165) is 46.3 Å². The summed E-state index contributed by atoms with van der Waals surface area (Å²) >= 11 is 1.48. The first-order valence-corrected chi connectivity index (χ1v) is 13.8. The van der Waals surface area contributed by atoms with Crippen LogP contribution in [-0.4, -0.2) is 56.6 Å². The quantitative estimate of drug-likeness (QED) is 0.295. The third-order valence-corrected chi connectivity index (χ3v) is 7.62. The van der Waals surface area contributed by atoms with E-state index >= 15 is 0 Å². The van der Waals surface area contributed by atoms with Gasteiger partial charge in [-0.25, -0.2) is 0 Å². The Hall–Kier alpha value is -4.30. The maximum atomic E-state index is 13.2. The Morgan fingerprint density at radius 1 is 0.872 bits per heavy atom. The maximum absolute atomic E-state index is 13.2. The highest BCUT2D eigenvalue weighted by atomic mass is 32.1. The third kappa shape index (κ3) is 6.23. The van der Waals surface area contributed by atoms with Crippen molar-refractivity contribution >= 4 is 34.5 Å². The van der Waals surface area contributed by atoms with Gasteiger partial charge in [-0.15, -0.1) is 11.3 Å². The fraction of sp³-hybridized carbons (Fsp3) is 0.226. The Morgan fingerprint density at radius 2 is 1.62 bits per heavy atom. The number of piperazine rings is 1. The fourth-order valence-electron chi connectivity index (χ4n) is 4.56. The summed E-state index contributed by atoms with van der Waals surface area (Å²) in [5.41, 5.74) is 4.41. The van der Waals surface area contributed by atoms with Crippen molar-refractivity contribution in [3.8, 4) is 22.6 Å². The summed E-state index contributed by atoms with van der Waals surface area (Å²) in [6, 6.07) is 24.7. The Labute approximate surface area is 232 Å². The molecule has 8 heteroatoms. The highest BCUT2D eigenvalue weighted by Crippen LogP contribution is 2.29. The number of hydrogen-bond donors (Lipinski definition) is 1. The van der Waals surface area contributed by atoms with Crippen LogP contribution in [0.2, 0.25) is 0 Å². The molecule has 0 aliphatic carbocycles. The molecule has 1 N–H and O–H groups in total. The predicted octanol–water partition coefficient (Wildman–Crippen LogP) is 6.04. The first-order valence-electron chi connectivity index (χ1n) is 13.0. The van der Waals surface area contributed by atoms with Crippen molar-refractivity contribution in [2.45, 2.75) is 6.92 Å². The molecule has 4 aromatic rings. The summed E-state index contributed by atoms with van der Waals surface area (Å²) in [5, 5.41) is 4.93. The van der Waals surface area contributed by atoms with Crippen molar-refractivity contribution in [3.05, 3.63) is 94.7 Å². The minimum Gasteiger partial charge on any atom is -0.497 e. The van der Waals surface area contributed by atoms with E-state index < -0.39 is 0 Å². The first-order chi connectivity index (χ1) is 19.0. The van der Waals surface area contributed by atoms with Gasteiger partial charge in [0.25, 0.3) is 11.8 Å². The number of methoxy groups -OCH3 is 1. The molecule has 1 aliphatic rings. The van der Waals surface area contributed by atoms with Gasteiger partial charge < -0.3 is 24.6 Å². The van der Waals surface area contributed by atoms with Gasteiger partial charge in [-0.1, -0.05) is 12.1 Å². The summed E-state index contributed by atoms with van der Waals surface area (Å²) in [7, 11) is 1.61. The molecule has 3 aromatic carbocycles. The number of rotatable bonds is 8. The number of nitrogens with one attached hydrogen (secondary N) is 1. The zero-order chi connectivity index (χ0) is 27.2. The normalized spacial score (nSPS) is 13.2. The lowest BCUT2D eigenvalue weighted by Gasteiger charge is -2.36. The Morgan fingerprint density at radius 3 is 2.31 bits per heavy atom. The van der Waals surface area contributed by atoms with Crippen molar-refractivity contribution in [2.75, 3.05) is 50.1 Å². The van der Waals surface area contributed by atoms with Crippen LogP contribution in [0.4, 0.5) is 11.4 Å². The summed E-state index contributed by atoms with van der Waals surface area (Å²) in [6.07, 6.45) is 0. The van der Waals surface area contributed by atoms with Crippen LogP contribution in [0, 0.1) is 0 Å². The second-order valence-corrected chi connectivity index (χ2v) is 10.1. The summed E-state index contributed by atoms with van der Waals surface area (Å²) in [5.74, 6) is 1.47. The molecule has 1 saturated heterocycles. The van der Waals surface area contributed by atoms with E-state index in [9.17, 15) is 9.59 Å². The van der Waals surface area contributed by atoms with E-state index in [4.69, 9.17) is 9.47 Å². The summed E-state index contributed by atoms with van der Waals surface area (Å²) < 4.78 is 10.8.